The van der Waals surface area contributed by atoms with Gasteiger partial charge in [0.2, 0.25) is 0 Å². The Kier molecular flexibility index (Phi) is 7.05. The lowest BCUT2D eigenvalue weighted by Crippen LogP contribution is -2.46. The van der Waals surface area contributed by atoms with Crippen molar-refractivity contribution in [3.8, 4) is 0 Å². The van der Waals surface area contributed by atoms with Gasteiger partial charge in [0.25, 0.3) is 0 Å². The number of hydrogen-bond acceptors (Lipinski definition) is 6. The molecule has 2 aliphatic rings. The summed E-state index contributed by atoms with van der Waals surface area (Å²) in [7, 11) is -0.938. The van der Waals surface area contributed by atoms with Crippen LogP contribution < -0.4 is 0 Å². The quantitative estimate of drug-likeness (QED) is 0.589. The highest BCUT2D eigenvalue weighted by molar-refractivity contribution is 7.91. The Morgan fingerprint density at radius 3 is 2.52 bits per heavy atom. The highest BCUT2D eigenvalue weighted by atomic mass is 32.2. The topological polar surface area (TPSA) is 63.4 Å². The van der Waals surface area contributed by atoms with E-state index in [0.717, 1.165) is 45.0 Å². The standard InChI is InChI=1S/C22H31N5O2S2/c1-24-21(16-20-9-15-31(28,29)17-20)23-27(22(24)30)18-26-13-11-25(12-14-26)10-5-8-19-6-3-2-4-7-19/h2-8,20H,9-18H2,1H3/b8-5+. The zero-order valence-electron chi connectivity index (χ0n) is 18.1. The minimum Gasteiger partial charge on any atom is -0.307 e. The van der Waals surface area contributed by atoms with Crippen LogP contribution in [-0.2, 0) is 30.0 Å². The molecule has 168 valence electrons. The fraction of sp³-hybridized carbons (Fsp3) is 0.545. The molecule has 4 rings (SSSR count). The van der Waals surface area contributed by atoms with Gasteiger partial charge in [0.05, 0.1) is 18.2 Å². The molecular weight excluding hydrogens is 430 g/mol. The number of piperazine rings is 1. The van der Waals surface area contributed by atoms with Crippen molar-refractivity contribution in [3.63, 3.8) is 0 Å². The predicted octanol–water partition coefficient (Wildman–Crippen LogP) is 2.22. The van der Waals surface area contributed by atoms with E-state index in [4.69, 9.17) is 17.3 Å². The first-order valence-corrected chi connectivity index (χ1v) is 13.1. The molecule has 0 saturated carbocycles. The number of sulfone groups is 1. The van der Waals surface area contributed by atoms with Crippen molar-refractivity contribution in [1.29, 1.82) is 0 Å². The third-order valence-electron chi connectivity index (χ3n) is 6.20. The molecule has 2 aliphatic heterocycles. The van der Waals surface area contributed by atoms with Crippen molar-refractivity contribution >= 4 is 28.1 Å². The van der Waals surface area contributed by atoms with Crippen LogP contribution in [0.15, 0.2) is 36.4 Å². The highest BCUT2D eigenvalue weighted by Gasteiger charge is 2.29. The largest absolute Gasteiger partial charge is 0.307 e. The normalized spacial score (nSPS) is 22.4. The lowest BCUT2D eigenvalue weighted by Gasteiger charge is -2.33. The molecule has 1 atom stereocenters. The number of nitrogens with zero attached hydrogens (tertiary/aromatic N) is 5. The van der Waals surface area contributed by atoms with Gasteiger partial charge in [-0.3, -0.25) is 9.80 Å². The van der Waals surface area contributed by atoms with Gasteiger partial charge in [-0.1, -0.05) is 42.5 Å². The molecule has 0 amide bonds. The second kappa shape index (κ2) is 9.77. The molecule has 0 radical (unpaired) electrons. The van der Waals surface area contributed by atoms with Crippen molar-refractivity contribution in [3.05, 3.63) is 52.6 Å². The van der Waals surface area contributed by atoms with E-state index in [2.05, 4.69) is 46.2 Å². The summed E-state index contributed by atoms with van der Waals surface area (Å²) in [5, 5.41) is 4.73. The zero-order valence-corrected chi connectivity index (χ0v) is 19.7. The van der Waals surface area contributed by atoms with Gasteiger partial charge in [-0.2, -0.15) is 5.10 Å². The second-order valence-corrected chi connectivity index (χ2v) is 11.2. The van der Waals surface area contributed by atoms with Crippen LogP contribution in [0.5, 0.6) is 0 Å². The Hall–Kier alpha value is -1.81. The summed E-state index contributed by atoms with van der Waals surface area (Å²) in [5.74, 6) is 1.61. The smallest absolute Gasteiger partial charge is 0.198 e. The number of rotatable bonds is 7. The fourth-order valence-electron chi connectivity index (χ4n) is 4.30. The summed E-state index contributed by atoms with van der Waals surface area (Å²) in [6.07, 6.45) is 5.81. The van der Waals surface area contributed by atoms with Crippen LogP contribution in [0, 0.1) is 10.7 Å². The predicted molar refractivity (Wildman–Crippen MR) is 126 cm³/mol. The second-order valence-electron chi connectivity index (χ2n) is 8.60. The van der Waals surface area contributed by atoms with Crippen molar-refractivity contribution in [1.82, 2.24) is 24.1 Å². The SMILES string of the molecule is Cn1c(CC2CCS(=O)(=O)C2)nn(CN2CCN(C/C=C/c3ccccc3)CC2)c1=S. The molecule has 2 fully saturated rings. The molecule has 1 aromatic carbocycles. The monoisotopic (exact) mass is 461 g/mol. The molecule has 0 aliphatic carbocycles. The fourth-order valence-corrected chi connectivity index (χ4v) is 6.36. The minimum absolute atomic E-state index is 0.154. The summed E-state index contributed by atoms with van der Waals surface area (Å²) in [5.41, 5.74) is 1.23. The van der Waals surface area contributed by atoms with Gasteiger partial charge in [0, 0.05) is 46.2 Å². The first kappa shape index (κ1) is 22.4. The average molecular weight is 462 g/mol. The number of hydrogen-bond donors (Lipinski definition) is 0. The molecule has 0 spiro atoms. The maximum atomic E-state index is 11.7. The van der Waals surface area contributed by atoms with E-state index in [1.54, 1.807) is 0 Å². The van der Waals surface area contributed by atoms with Crippen LogP contribution >= 0.6 is 12.2 Å². The Labute approximate surface area is 189 Å². The Morgan fingerprint density at radius 1 is 1.13 bits per heavy atom. The van der Waals surface area contributed by atoms with E-state index in [1.807, 2.05) is 22.4 Å². The maximum absolute atomic E-state index is 11.7. The van der Waals surface area contributed by atoms with E-state index in [-0.39, 0.29) is 11.7 Å². The first-order chi connectivity index (χ1) is 14.9. The van der Waals surface area contributed by atoms with Gasteiger partial charge in [-0.15, -0.1) is 0 Å². The summed E-state index contributed by atoms with van der Waals surface area (Å²) >= 11 is 5.59. The molecule has 1 unspecified atom stereocenters. The van der Waals surface area contributed by atoms with Gasteiger partial charge >= 0.3 is 0 Å². The Morgan fingerprint density at radius 2 is 1.84 bits per heavy atom. The molecule has 2 saturated heterocycles. The first-order valence-electron chi connectivity index (χ1n) is 10.9. The van der Waals surface area contributed by atoms with Crippen molar-refractivity contribution in [2.75, 3.05) is 44.2 Å². The van der Waals surface area contributed by atoms with E-state index in [1.165, 1.54) is 5.56 Å². The lowest BCUT2D eigenvalue weighted by atomic mass is 10.1. The van der Waals surface area contributed by atoms with Gasteiger partial charge in [-0.25, -0.2) is 13.1 Å². The molecule has 7 nitrogen and oxygen atoms in total. The number of aromatic nitrogens is 3. The van der Waals surface area contributed by atoms with E-state index >= 15 is 0 Å². The van der Waals surface area contributed by atoms with Crippen LogP contribution in [0.4, 0.5) is 0 Å². The summed E-state index contributed by atoms with van der Waals surface area (Å²) < 4.78 is 28.0. The minimum atomic E-state index is -2.87. The zero-order chi connectivity index (χ0) is 21.8. The number of benzene rings is 1. The average Bonchev–Trinajstić information content (AvgIpc) is 3.23. The molecule has 1 aromatic heterocycles. The molecular formula is C22H31N5O2S2. The van der Waals surface area contributed by atoms with Crippen LogP contribution in [-0.4, -0.2) is 76.8 Å². The van der Waals surface area contributed by atoms with E-state index < -0.39 is 9.84 Å². The van der Waals surface area contributed by atoms with Gasteiger partial charge in [-0.05, 0) is 30.1 Å². The van der Waals surface area contributed by atoms with Crippen LogP contribution in [0.25, 0.3) is 6.08 Å². The van der Waals surface area contributed by atoms with E-state index in [9.17, 15) is 8.42 Å². The van der Waals surface area contributed by atoms with Crippen molar-refractivity contribution in [2.45, 2.75) is 19.5 Å². The Balaban J connectivity index is 1.27. The lowest BCUT2D eigenvalue weighted by molar-refractivity contribution is 0.110. The molecule has 3 heterocycles. The van der Waals surface area contributed by atoms with Crippen molar-refractivity contribution < 1.29 is 8.42 Å². The molecule has 31 heavy (non-hydrogen) atoms. The molecule has 0 bridgehead atoms. The summed E-state index contributed by atoms with van der Waals surface area (Å²) in [6.45, 7) is 5.64. The highest BCUT2D eigenvalue weighted by Crippen LogP contribution is 2.22. The molecule has 2 aromatic rings. The van der Waals surface area contributed by atoms with Crippen LogP contribution in [0.3, 0.4) is 0 Å². The third kappa shape index (κ3) is 5.91. The van der Waals surface area contributed by atoms with E-state index in [0.29, 0.717) is 23.6 Å². The molecule has 9 heteroatoms. The summed E-state index contributed by atoms with van der Waals surface area (Å²) in [6, 6.07) is 10.4. The molecule has 0 N–H and O–H groups in total. The maximum Gasteiger partial charge on any atom is 0.198 e. The van der Waals surface area contributed by atoms with Gasteiger partial charge in [0.15, 0.2) is 14.6 Å². The summed E-state index contributed by atoms with van der Waals surface area (Å²) in [4.78, 5) is 4.84. The van der Waals surface area contributed by atoms with Gasteiger partial charge in [0.1, 0.15) is 5.82 Å². The Bertz CT molecular complexity index is 1070. The van der Waals surface area contributed by atoms with Crippen LogP contribution in [0.1, 0.15) is 17.8 Å². The van der Waals surface area contributed by atoms with Gasteiger partial charge < -0.3 is 4.57 Å². The third-order valence-corrected chi connectivity index (χ3v) is 8.52. The van der Waals surface area contributed by atoms with Crippen molar-refractivity contribution in [2.24, 2.45) is 13.0 Å². The van der Waals surface area contributed by atoms with Crippen LogP contribution in [0.2, 0.25) is 0 Å².